The highest BCUT2D eigenvalue weighted by Crippen LogP contribution is 2.40. The van der Waals surface area contributed by atoms with E-state index in [1.54, 1.807) is 17.4 Å². The van der Waals surface area contributed by atoms with Gasteiger partial charge >= 0.3 is 5.97 Å². The minimum Gasteiger partial charge on any atom is -0.477 e. The number of allylic oxidation sites excluding steroid dienone is 1. The first-order valence-electron chi connectivity index (χ1n) is 12.1. The van der Waals surface area contributed by atoms with Crippen molar-refractivity contribution in [3.8, 4) is 0 Å². The Balaban J connectivity index is 1.31. The number of nitrogen functional groups attached to an aromatic ring is 1. The number of oxime groups is 1. The maximum atomic E-state index is 14.0. The Kier molecular flexibility index (Phi) is 9.22. The van der Waals surface area contributed by atoms with Crippen LogP contribution in [-0.4, -0.2) is 92.9 Å². The average molecular weight is 611 g/mol. The summed E-state index contributed by atoms with van der Waals surface area (Å²) in [4.78, 5) is 52.5. The zero-order valence-electron chi connectivity index (χ0n) is 21.9. The van der Waals surface area contributed by atoms with Crippen molar-refractivity contribution in [1.82, 2.24) is 20.2 Å². The number of alkyl halides is 1. The fraction of sp³-hybridized carbons (Fsp3) is 0.417. The minimum absolute atomic E-state index is 0.0900. The number of quaternary nitrogens is 1. The van der Waals surface area contributed by atoms with Crippen molar-refractivity contribution in [2.45, 2.75) is 31.1 Å². The van der Waals surface area contributed by atoms with Crippen molar-refractivity contribution >= 4 is 63.6 Å². The second-order valence-electron chi connectivity index (χ2n) is 9.72. The number of aliphatic carboxylic acids is 1. The van der Waals surface area contributed by atoms with E-state index in [0.717, 1.165) is 29.8 Å². The molecule has 0 saturated carbocycles. The number of nitrogens with one attached hydrogen (secondary N) is 1. The Morgan fingerprint density at radius 2 is 2.20 bits per heavy atom. The standard InChI is InChI=1S/C24H28FN7O5S3/c1-13-17(40-12-27-13)8-32(2,3)6-4-5-14-10-38-22-19(21(34)31(22)20(14)23(35)36)30-18(33)7-28-37-9-15(25)16-11-39-24(26)29-16/h4-5,7,11-12,15,19,22H,6,8-10H2,1-3H3,(H3-,26,29,30,33,35,36)/p+1/b5-4+,28-7-/t15?,19-,22+/m1/s1. The summed E-state index contributed by atoms with van der Waals surface area (Å²) in [6.07, 6.45) is 2.90. The highest BCUT2D eigenvalue weighted by atomic mass is 32.2. The molecule has 3 atom stereocenters. The molecule has 1 saturated heterocycles. The molecule has 0 radical (unpaired) electrons. The van der Waals surface area contributed by atoms with Crippen LogP contribution in [0.3, 0.4) is 0 Å². The van der Waals surface area contributed by atoms with Crippen molar-refractivity contribution < 1.29 is 33.2 Å². The van der Waals surface area contributed by atoms with Gasteiger partial charge in [-0.15, -0.1) is 34.4 Å². The molecule has 16 heteroatoms. The number of hydrogen-bond donors (Lipinski definition) is 3. The lowest BCUT2D eigenvalue weighted by Crippen LogP contribution is -2.70. The molecule has 4 rings (SSSR count). The molecule has 2 amide bonds. The van der Waals surface area contributed by atoms with E-state index in [0.29, 0.717) is 22.4 Å². The molecule has 2 aliphatic heterocycles. The first-order chi connectivity index (χ1) is 19.0. The molecule has 4 N–H and O–H groups in total. The van der Waals surface area contributed by atoms with E-state index in [-0.39, 0.29) is 16.5 Å². The monoisotopic (exact) mass is 610 g/mol. The number of carbonyl (C=O) groups excluding carboxylic acids is 2. The largest absolute Gasteiger partial charge is 0.477 e. The molecular weight excluding hydrogens is 582 g/mol. The molecule has 1 fully saturated rings. The zero-order valence-corrected chi connectivity index (χ0v) is 24.4. The van der Waals surface area contributed by atoms with Crippen LogP contribution in [-0.2, 0) is 25.8 Å². The number of amides is 2. The number of nitrogens with zero attached hydrogens (tertiary/aromatic N) is 5. The zero-order chi connectivity index (χ0) is 29.0. The molecule has 0 aromatic carbocycles. The summed E-state index contributed by atoms with van der Waals surface area (Å²) in [5, 5.41) is 16.9. The van der Waals surface area contributed by atoms with Gasteiger partial charge in [-0.1, -0.05) is 11.2 Å². The first-order valence-corrected chi connectivity index (χ1v) is 14.9. The number of anilines is 1. The number of rotatable bonds is 12. The van der Waals surface area contributed by atoms with Crippen molar-refractivity contribution in [1.29, 1.82) is 0 Å². The van der Waals surface area contributed by atoms with Crippen LogP contribution in [0.5, 0.6) is 0 Å². The summed E-state index contributed by atoms with van der Waals surface area (Å²) in [6.45, 7) is 2.95. The lowest BCUT2D eigenvalue weighted by Gasteiger charge is -2.49. The lowest BCUT2D eigenvalue weighted by atomic mass is 10.0. The molecule has 0 bridgehead atoms. The van der Waals surface area contributed by atoms with E-state index in [1.165, 1.54) is 26.9 Å². The number of aromatic nitrogens is 2. The van der Waals surface area contributed by atoms with Crippen LogP contribution in [0, 0.1) is 6.92 Å². The van der Waals surface area contributed by atoms with Gasteiger partial charge in [0.15, 0.2) is 17.9 Å². The minimum atomic E-state index is -1.56. The third kappa shape index (κ3) is 6.86. The second-order valence-corrected chi connectivity index (χ2v) is 12.7. The summed E-state index contributed by atoms with van der Waals surface area (Å²) in [5.41, 5.74) is 8.85. The Morgan fingerprint density at radius 1 is 1.43 bits per heavy atom. The Labute approximate surface area is 242 Å². The number of thiazole rings is 2. The van der Waals surface area contributed by atoms with E-state index in [4.69, 9.17) is 10.6 Å². The van der Waals surface area contributed by atoms with Gasteiger partial charge in [0.2, 0.25) is 0 Å². The van der Waals surface area contributed by atoms with Crippen LogP contribution in [0.2, 0.25) is 0 Å². The molecule has 0 spiro atoms. The van der Waals surface area contributed by atoms with Crippen molar-refractivity contribution in [3.63, 3.8) is 0 Å². The smallest absolute Gasteiger partial charge is 0.352 e. The van der Waals surface area contributed by atoms with Gasteiger partial charge in [-0.05, 0) is 18.6 Å². The predicted molar refractivity (Wildman–Crippen MR) is 151 cm³/mol. The van der Waals surface area contributed by atoms with Crippen molar-refractivity contribution in [2.75, 3.05) is 38.7 Å². The predicted octanol–water partition coefficient (Wildman–Crippen LogP) is 2.07. The SMILES string of the molecule is Cc1ncsc1C[N+](C)(C)C/C=C/C1=C(C(=O)O)N2C(=O)[C@@H](NC(=O)/C=N\OCC(F)c3csc(N)n3)[C@@H]2SC1. The van der Waals surface area contributed by atoms with E-state index < -0.39 is 42.0 Å². The maximum Gasteiger partial charge on any atom is 0.352 e. The highest BCUT2D eigenvalue weighted by molar-refractivity contribution is 8.00. The van der Waals surface area contributed by atoms with E-state index in [1.807, 2.05) is 18.5 Å². The molecular formula is C24H29FN7O5S3+. The number of fused-ring (bicyclic) bond motifs is 1. The Hall–Kier alpha value is -3.34. The van der Waals surface area contributed by atoms with Crippen LogP contribution in [0.15, 0.2) is 39.5 Å². The topological polar surface area (TPSA) is 160 Å². The molecule has 2 aliphatic rings. The lowest BCUT2D eigenvalue weighted by molar-refractivity contribution is -0.897. The third-order valence-electron chi connectivity index (χ3n) is 6.16. The van der Waals surface area contributed by atoms with Crippen LogP contribution in [0.1, 0.15) is 22.4 Å². The normalized spacial score (nSPS) is 20.1. The van der Waals surface area contributed by atoms with E-state index in [2.05, 4.69) is 34.5 Å². The summed E-state index contributed by atoms with van der Waals surface area (Å²) in [6, 6.07) is -0.922. The average Bonchev–Trinajstić information content (AvgIpc) is 3.51. The number of aryl methyl sites for hydroxylation is 1. The van der Waals surface area contributed by atoms with Gasteiger partial charge < -0.3 is 25.5 Å². The number of halogens is 1. The van der Waals surface area contributed by atoms with Crippen LogP contribution < -0.4 is 11.1 Å². The molecule has 4 heterocycles. The van der Waals surface area contributed by atoms with E-state index in [9.17, 15) is 23.9 Å². The summed E-state index contributed by atoms with van der Waals surface area (Å²) in [5.74, 6) is -2.12. The summed E-state index contributed by atoms with van der Waals surface area (Å²) < 4.78 is 14.7. The summed E-state index contributed by atoms with van der Waals surface area (Å²) >= 11 is 4.06. The number of thioether (sulfide) groups is 1. The number of hydrogen-bond acceptors (Lipinski definition) is 11. The molecule has 2 aromatic rings. The molecule has 214 valence electrons. The number of carbonyl (C=O) groups is 3. The number of carboxylic acids is 1. The second kappa shape index (κ2) is 12.4. The molecule has 1 unspecified atom stereocenters. The highest BCUT2D eigenvalue weighted by Gasteiger charge is 2.53. The molecule has 0 aliphatic carbocycles. The van der Waals surface area contributed by atoms with Gasteiger partial charge in [0.1, 0.15) is 29.9 Å². The Morgan fingerprint density at radius 3 is 2.85 bits per heavy atom. The van der Waals surface area contributed by atoms with Crippen LogP contribution in [0.4, 0.5) is 9.52 Å². The number of nitrogens with two attached hydrogens (primary N) is 1. The van der Waals surface area contributed by atoms with Gasteiger partial charge in [-0.2, -0.15) is 0 Å². The third-order valence-corrected chi connectivity index (χ3v) is 9.07. The van der Waals surface area contributed by atoms with Crippen molar-refractivity contribution in [2.24, 2.45) is 5.16 Å². The molecule has 40 heavy (non-hydrogen) atoms. The van der Waals surface area contributed by atoms with Crippen LogP contribution >= 0.6 is 34.4 Å². The molecule has 12 nitrogen and oxygen atoms in total. The Bertz CT molecular complexity index is 1370. The number of β-lactam (4-membered cyclic amide) rings is 1. The first kappa shape index (κ1) is 29.6. The fourth-order valence-corrected chi connectivity index (χ4v) is 7.00. The maximum absolute atomic E-state index is 14.0. The number of carboxylic acid groups (broad SMARTS) is 1. The van der Waals surface area contributed by atoms with Crippen molar-refractivity contribution in [3.05, 3.63) is 50.6 Å². The summed E-state index contributed by atoms with van der Waals surface area (Å²) in [7, 11) is 4.16. The fourth-order valence-electron chi connectivity index (χ4n) is 4.10. The van der Waals surface area contributed by atoms with Crippen LogP contribution in [0.25, 0.3) is 0 Å². The van der Waals surface area contributed by atoms with Gasteiger partial charge in [-0.25, -0.2) is 19.2 Å². The van der Waals surface area contributed by atoms with Gasteiger partial charge in [0.05, 0.1) is 42.4 Å². The van der Waals surface area contributed by atoms with Gasteiger partial charge in [0.25, 0.3) is 11.8 Å². The van der Waals surface area contributed by atoms with Gasteiger partial charge in [0, 0.05) is 11.1 Å². The van der Waals surface area contributed by atoms with Gasteiger partial charge in [-0.3, -0.25) is 14.5 Å². The van der Waals surface area contributed by atoms with E-state index >= 15 is 0 Å². The quantitative estimate of drug-likeness (QED) is 0.141. The molecule has 2 aromatic heterocycles. The number of likely N-dealkylation sites (N-methyl/N-ethyl adjacent to an activating group) is 1.